The first-order valence-corrected chi connectivity index (χ1v) is 13.1. The third-order valence-electron chi connectivity index (χ3n) is 8.61. The number of aliphatic carboxylic acids is 1. The molecule has 2 bridgehead atoms. The van der Waals surface area contributed by atoms with Gasteiger partial charge in [-0.3, -0.25) is 4.79 Å². The van der Waals surface area contributed by atoms with Crippen molar-refractivity contribution in [2.75, 3.05) is 11.9 Å². The van der Waals surface area contributed by atoms with Crippen molar-refractivity contribution in [1.82, 2.24) is 15.0 Å². The average Bonchev–Trinajstić information content (AvgIpc) is 3.35. The fourth-order valence-corrected chi connectivity index (χ4v) is 6.19. The highest BCUT2D eigenvalue weighted by atomic mass is 19.1. The summed E-state index contributed by atoms with van der Waals surface area (Å²) in [6.07, 6.45) is 9.94. The van der Waals surface area contributed by atoms with E-state index in [9.17, 15) is 9.90 Å². The number of benzene rings is 2. The van der Waals surface area contributed by atoms with Crippen molar-refractivity contribution in [3.05, 3.63) is 66.1 Å². The summed E-state index contributed by atoms with van der Waals surface area (Å²) in [5, 5.41) is 12.9. The Morgan fingerprint density at radius 3 is 2.50 bits per heavy atom. The number of nitrogens with one attached hydrogen (secondary N) is 2. The van der Waals surface area contributed by atoms with Crippen molar-refractivity contribution in [2.24, 2.45) is 5.41 Å². The number of rotatable bonds is 5. The Bertz CT molecular complexity index is 1580. The van der Waals surface area contributed by atoms with Crippen molar-refractivity contribution in [3.63, 3.8) is 0 Å². The number of anilines is 1. The Labute approximate surface area is 218 Å². The summed E-state index contributed by atoms with van der Waals surface area (Å²) in [6.45, 7) is 0.784. The zero-order chi connectivity index (χ0) is 25.9. The number of carboxylic acids is 1. The lowest BCUT2D eigenvalue weighted by Gasteiger charge is -2.50. The van der Waals surface area contributed by atoms with Crippen LogP contribution in [-0.2, 0) is 4.79 Å². The standard InChI is InChI=1S/C30H27FN4O3/c31-22-14-18(3-5-21(22)27-34-24-15-19-2-1-13-32-23(19)16-25(24)35-27)20-4-6-26(33-17-20)38-30-10-7-29(8-11-30,9-12-30)28(36)37/h1-6,14-17,32H,7-13H2,(H,34,35)(H,36,37). The Morgan fingerprint density at radius 2 is 1.79 bits per heavy atom. The lowest BCUT2D eigenvalue weighted by molar-refractivity contribution is -0.162. The number of hydrogen-bond donors (Lipinski definition) is 3. The number of aromatic nitrogens is 3. The second kappa shape index (κ2) is 8.41. The van der Waals surface area contributed by atoms with Crippen LogP contribution < -0.4 is 10.1 Å². The quantitative estimate of drug-likeness (QED) is 0.286. The topological polar surface area (TPSA) is 100 Å². The van der Waals surface area contributed by atoms with Gasteiger partial charge in [0.15, 0.2) is 0 Å². The van der Waals surface area contributed by atoms with E-state index in [1.165, 1.54) is 6.07 Å². The molecule has 0 amide bonds. The molecule has 0 radical (unpaired) electrons. The molecule has 4 aliphatic rings. The van der Waals surface area contributed by atoms with E-state index in [1.807, 2.05) is 30.3 Å². The molecule has 3 fully saturated rings. The van der Waals surface area contributed by atoms with Crippen LogP contribution in [0.15, 0.2) is 54.7 Å². The highest BCUT2D eigenvalue weighted by Crippen LogP contribution is 2.53. The van der Waals surface area contributed by atoms with Gasteiger partial charge in [0, 0.05) is 30.1 Å². The molecule has 2 aromatic heterocycles. The molecule has 7 nitrogen and oxygen atoms in total. The lowest BCUT2D eigenvalue weighted by atomic mass is 9.58. The van der Waals surface area contributed by atoms with E-state index in [1.54, 1.807) is 12.3 Å². The third kappa shape index (κ3) is 3.74. The smallest absolute Gasteiger partial charge is 0.309 e. The van der Waals surface area contributed by atoms with Gasteiger partial charge in [0.05, 0.1) is 22.0 Å². The van der Waals surface area contributed by atoms with Crippen LogP contribution in [0.2, 0.25) is 0 Å². The zero-order valence-corrected chi connectivity index (χ0v) is 20.8. The number of nitrogens with zero attached hydrogens (tertiary/aromatic N) is 2. The minimum Gasteiger partial charge on any atom is -0.481 e. The maximum absolute atomic E-state index is 15.3. The van der Waals surface area contributed by atoms with Gasteiger partial charge in [0.25, 0.3) is 0 Å². The molecule has 3 aliphatic carbocycles. The molecule has 38 heavy (non-hydrogen) atoms. The molecule has 0 spiro atoms. The zero-order valence-electron chi connectivity index (χ0n) is 20.8. The second-order valence-electron chi connectivity index (χ2n) is 10.8. The summed E-state index contributed by atoms with van der Waals surface area (Å²) in [4.78, 5) is 24.1. The van der Waals surface area contributed by atoms with E-state index in [0.717, 1.165) is 53.7 Å². The van der Waals surface area contributed by atoms with Crippen molar-refractivity contribution < 1.29 is 19.0 Å². The van der Waals surface area contributed by atoms with Crippen LogP contribution in [0, 0.1) is 11.2 Å². The van der Waals surface area contributed by atoms with Gasteiger partial charge in [-0.1, -0.05) is 18.2 Å². The molecule has 8 rings (SSSR count). The van der Waals surface area contributed by atoms with Crippen LogP contribution >= 0.6 is 0 Å². The molecule has 8 heteroatoms. The Kier molecular flexibility index (Phi) is 5.08. The number of aromatic amines is 1. The molecule has 2 aromatic carbocycles. The molecule has 3 N–H and O–H groups in total. The van der Waals surface area contributed by atoms with Crippen molar-refractivity contribution in [1.29, 1.82) is 0 Å². The van der Waals surface area contributed by atoms with E-state index >= 15 is 4.39 Å². The molecule has 192 valence electrons. The van der Waals surface area contributed by atoms with Crippen LogP contribution in [-0.4, -0.2) is 38.2 Å². The van der Waals surface area contributed by atoms with Crippen molar-refractivity contribution >= 4 is 28.8 Å². The van der Waals surface area contributed by atoms with Gasteiger partial charge in [-0.15, -0.1) is 0 Å². The van der Waals surface area contributed by atoms with Gasteiger partial charge >= 0.3 is 5.97 Å². The fraction of sp³-hybridized carbons (Fsp3) is 0.300. The van der Waals surface area contributed by atoms with Gasteiger partial charge in [0.2, 0.25) is 5.88 Å². The van der Waals surface area contributed by atoms with Gasteiger partial charge in [-0.2, -0.15) is 0 Å². The Balaban J connectivity index is 1.09. The fourth-order valence-electron chi connectivity index (χ4n) is 6.19. The number of pyridine rings is 1. The molecular formula is C30H27FN4O3. The van der Waals surface area contributed by atoms with Crippen molar-refractivity contribution in [2.45, 2.75) is 44.1 Å². The summed E-state index contributed by atoms with van der Waals surface area (Å²) in [6, 6.07) is 12.8. The Morgan fingerprint density at radius 1 is 1.00 bits per heavy atom. The first-order valence-electron chi connectivity index (χ1n) is 13.1. The van der Waals surface area contributed by atoms with Crippen LogP contribution in [0.3, 0.4) is 0 Å². The monoisotopic (exact) mass is 510 g/mol. The van der Waals surface area contributed by atoms with Gasteiger partial charge < -0.3 is 20.1 Å². The Hall–Kier alpha value is -4.20. The van der Waals surface area contributed by atoms with Crippen molar-refractivity contribution in [3.8, 4) is 28.4 Å². The average molecular weight is 511 g/mol. The summed E-state index contributed by atoms with van der Waals surface area (Å²) < 4.78 is 21.6. The van der Waals surface area contributed by atoms with Gasteiger partial charge in [-0.05, 0) is 80.0 Å². The van der Waals surface area contributed by atoms with Crippen LogP contribution in [0.25, 0.3) is 39.6 Å². The highest BCUT2D eigenvalue weighted by molar-refractivity contribution is 5.88. The van der Waals surface area contributed by atoms with Crippen LogP contribution in [0.1, 0.15) is 44.1 Å². The number of imidazole rings is 1. The summed E-state index contributed by atoms with van der Waals surface area (Å²) in [5.41, 5.74) is 4.74. The minimum atomic E-state index is -0.680. The number of hydrogen-bond acceptors (Lipinski definition) is 5. The minimum absolute atomic E-state index is 0.336. The molecule has 4 aromatic rings. The lowest BCUT2D eigenvalue weighted by Crippen LogP contribution is -2.52. The predicted octanol–water partition coefficient (Wildman–Crippen LogP) is 6.43. The number of ether oxygens (including phenoxy) is 1. The second-order valence-corrected chi connectivity index (χ2v) is 10.8. The number of H-pyrrole nitrogens is 1. The summed E-state index contributed by atoms with van der Waals surface area (Å²) in [5.74, 6) is -0.0385. The van der Waals surface area contributed by atoms with E-state index < -0.39 is 11.4 Å². The molecule has 0 unspecified atom stereocenters. The number of carboxylic acid groups (broad SMARTS) is 1. The van der Waals surface area contributed by atoms with E-state index in [0.29, 0.717) is 42.1 Å². The maximum atomic E-state index is 15.3. The van der Waals surface area contributed by atoms with E-state index in [-0.39, 0.29) is 11.4 Å². The summed E-state index contributed by atoms with van der Waals surface area (Å²) >= 11 is 0. The van der Waals surface area contributed by atoms with E-state index in [4.69, 9.17) is 4.74 Å². The van der Waals surface area contributed by atoms with Crippen LogP contribution in [0.4, 0.5) is 10.1 Å². The number of halogens is 1. The van der Waals surface area contributed by atoms with Gasteiger partial charge in [0.1, 0.15) is 17.2 Å². The van der Waals surface area contributed by atoms with Crippen LogP contribution in [0.5, 0.6) is 5.88 Å². The third-order valence-corrected chi connectivity index (χ3v) is 8.61. The highest BCUT2D eigenvalue weighted by Gasteiger charge is 2.54. The largest absolute Gasteiger partial charge is 0.481 e. The van der Waals surface area contributed by atoms with E-state index in [2.05, 4.69) is 32.4 Å². The first-order chi connectivity index (χ1) is 18.4. The molecule has 3 heterocycles. The van der Waals surface area contributed by atoms with Gasteiger partial charge in [-0.25, -0.2) is 14.4 Å². The molecule has 0 atom stereocenters. The summed E-state index contributed by atoms with van der Waals surface area (Å²) in [7, 11) is 0. The maximum Gasteiger partial charge on any atom is 0.309 e. The molecule has 1 aliphatic heterocycles. The SMILES string of the molecule is O=C(O)C12CCC(Oc3ccc(-c4ccc(-c5nc6cc7c(cc6[nH]5)NCC=C7)c(F)c4)cn3)(CC1)CC2. The number of carbonyl (C=O) groups is 1. The first kappa shape index (κ1) is 23.0. The predicted molar refractivity (Wildman–Crippen MR) is 143 cm³/mol. The molecule has 3 saturated carbocycles. The molecular weight excluding hydrogens is 483 g/mol. The normalized spacial score (nSPS) is 23.7. The number of fused-ring (bicyclic) bond motifs is 5. The molecule has 0 saturated heterocycles.